The number of fused-ring (bicyclic) bond motifs is 3. The first-order valence-corrected chi connectivity index (χ1v) is 18.5. The molecule has 0 unspecified atom stereocenters. The molecule has 13 nitrogen and oxygen atoms in total. The number of carbonyl (C=O) groups excluding carboxylic acids is 1. The number of nitrogens with zero attached hydrogens (tertiary/aromatic N) is 7. The number of amides is 1. The Morgan fingerprint density at radius 3 is 2.46 bits per heavy atom. The zero-order valence-corrected chi connectivity index (χ0v) is 30.9. The molecule has 4 aliphatic rings. The Hall–Kier alpha value is -4.33. The van der Waals surface area contributed by atoms with E-state index in [1.54, 1.807) is 14.2 Å². The van der Waals surface area contributed by atoms with Crippen LogP contribution in [0.4, 0.5) is 10.7 Å². The van der Waals surface area contributed by atoms with Gasteiger partial charge in [0.15, 0.2) is 12.4 Å². The minimum atomic E-state index is -0.448. The van der Waals surface area contributed by atoms with Crippen LogP contribution in [0.5, 0.6) is 5.75 Å². The monoisotopic (exact) mass is 710 g/mol. The quantitative estimate of drug-likeness (QED) is 0.214. The lowest BCUT2D eigenvalue weighted by atomic mass is 9.60. The standard InChI is InChI=1S/C39H50N8O5/c1-38(2,3)52-37(48)46-22-39(23-46)17-27(18-39)45-13-10-25(11-14-45)26-19-40-36(41-20-26)47-15-12-30-34(32(47)21-49-4)29-16-31(43-44-35(29)42-30)28-8-6-7-9-33(28)51-24-50-5/h6-9,16,19-20,25,27,32H,10-15,17-18,21-24H2,1-5H3,(H,42,44)/t32-/m1/s1. The van der Waals surface area contributed by atoms with Crippen molar-refractivity contribution < 1.29 is 23.7 Å². The number of rotatable bonds is 9. The molecule has 1 atom stereocenters. The molecule has 1 amide bonds. The summed E-state index contributed by atoms with van der Waals surface area (Å²) in [5, 5.41) is 10.2. The van der Waals surface area contributed by atoms with Crippen molar-refractivity contribution in [2.24, 2.45) is 5.41 Å². The number of aromatic amines is 1. The van der Waals surface area contributed by atoms with Gasteiger partial charge in [-0.25, -0.2) is 14.8 Å². The molecular weight excluding hydrogens is 660 g/mol. The van der Waals surface area contributed by atoms with Gasteiger partial charge in [-0.05, 0) is 89.2 Å². The first-order valence-electron chi connectivity index (χ1n) is 18.5. The zero-order valence-electron chi connectivity index (χ0n) is 30.9. The van der Waals surface area contributed by atoms with Crippen LogP contribution in [-0.2, 0) is 20.6 Å². The molecule has 2 saturated heterocycles. The van der Waals surface area contributed by atoms with Gasteiger partial charge in [-0.15, -0.1) is 10.2 Å². The first kappa shape index (κ1) is 34.7. The van der Waals surface area contributed by atoms with E-state index >= 15 is 0 Å². The number of benzene rings is 1. The Labute approximate surface area is 305 Å². The largest absolute Gasteiger partial charge is 0.467 e. The third-order valence-electron chi connectivity index (χ3n) is 11.3. The molecule has 3 aliphatic heterocycles. The Morgan fingerprint density at radius 2 is 1.75 bits per heavy atom. The molecule has 3 fully saturated rings. The van der Waals surface area contributed by atoms with Gasteiger partial charge in [-0.2, -0.15) is 0 Å². The Morgan fingerprint density at radius 1 is 1.00 bits per heavy atom. The second-order valence-corrected chi connectivity index (χ2v) is 16.0. The molecule has 1 aliphatic carbocycles. The highest BCUT2D eigenvalue weighted by Crippen LogP contribution is 2.51. The highest BCUT2D eigenvalue weighted by atomic mass is 16.7. The average Bonchev–Trinajstić information content (AvgIpc) is 3.48. The smallest absolute Gasteiger partial charge is 0.410 e. The molecule has 276 valence electrons. The average molecular weight is 711 g/mol. The highest BCUT2D eigenvalue weighted by molar-refractivity contribution is 5.86. The van der Waals surface area contributed by atoms with Gasteiger partial charge < -0.3 is 38.6 Å². The van der Waals surface area contributed by atoms with Crippen molar-refractivity contribution in [3.05, 3.63) is 59.5 Å². The van der Waals surface area contributed by atoms with Crippen molar-refractivity contribution >= 4 is 23.1 Å². The molecule has 6 heterocycles. The number of para-hydroxylation sites is 1. The summed E-state index contributed by atoms with van der Waals surface area (Å²) in [6.07, 6.45) is 9.27. The molecule has 0 radical (unpaired) electrons. The number of ether oxygens (including phenoxy) is 4. The van der Waals surface area contributed by atoms with Gasteiger partial charge in [0.05, 0.1) is 18.3 Å². The SMILES string of the molecule is COCOc1ccccc1-c1cc2c3c([nH]c2nn1)CCN(c1ncc(C2CCN(C4CC5(C4)CN(C(=O)OC(C)(C)C)C5)CC2)cn1)[C@@H]3COC. The van der Waals surface area contributed by atoms with E-state index in [1.165, 1.54) is 18.4 Å². The van der Waals surface area contributed by atoms with Crippen LogP contribution < -0.4 is 9.64 Å². The van der Waals surface area contributed by atoms with Gasteiger partial charge in [-0.1, -0.05) is 12.1 Å². The number of carbonyl (C=O) groups is 1. The number of H-pyrrole nitrogens is 1. The van der Waals surface area contributed by atoms with Crippen LogP contribution >= 0.6 is 0 Å². The van der Waals surface area contributed by atoms with Gasteiger partial charge in [0.2, 0.25) is 5.95 Å². The van der Waals surface area contributed by atoms with E-state index in [4.69, 9.17) is 28.9 Å². The topological polar surface area (TPSA) is 131 Å². The maximum Gasteiger partial charge on any atom is 0.410 e. The van der Waals surface area contributed by atoms with Crippen molar-refractivity contribution in [1.29, 1.82) is 0 Å². The number of hydrogen-bond donors (Lipinski definition) is 1. The molecule has 1 aromatic carbocycles. The van der Waals surface area contributed by atoms with Crippen molar-refractivity contribution in [3.63, 3.8) is 0 Å². The highest BCUT2D eigenvalue weighted by Gasteiger charge is 2.55. The van der Waals surface area contributed by atoms with Crippen molar-refractivity contribution in [2.75, 3.05) is 65.2 Å². The van der Waals surface area contributed by atoms with E-state index in [-0.39, 0.29) is 18.9 Å². The fourth-order valence-corrected chi connectivity index (χ4v) is 8.78. The molecule has 52 heavy (non-hydrogen) atoms. The lowest BCUT2D eigenvalue weighted by molar-refractivity contribution is -0.110. The normalized spacial score (nSPS) is 20.8. The number of aromatic nitrogens is 5. The predicted octanol–water partition coefficient (Wildman–Crippen LogP) is 5.73. The van der Waals surface area contributed by atoms with Crippen LogP contribution in [0.1, 0.15) is 75.2 Å². The van der Waals surface area contributed by atoms with E-state index in [0.29, 0.717) is 35.7 Å². The number of hydrogen-bond acceptors (Lipinski definition) is 11. The van der Waals surface area contributed by atoms with E-state index < -0.39 is 5.60 Å². The van der Waals surface area contributed by atoms with Crippen molar-refractivity contribution in [3.8, 4) is 17.0 Å². The first-order chi connectivity index (χ1) is 25.1. The molecule has 3 aromatic heterocycles. The van der Waals surface area contributed by atoms with Gasteiger partial charge in [0, 0.05) is 86.3 Å². The lowest BCUT2D eigenvalue weighted by Crippen LogP contribution is -2.68. The van der Waals surface area contributed by atoms with Gasteiger partial charge >= 0.3 is 6.09 Å². The summed E-state index contributed by atoms with van der Waals surface area (Å²) in [6, 6.07) is 10.4. The Bertz CT molecular complexity index is 1890. The minimum absolute atomic E-state index is 0.0914. The Kier molecular flexibility index (Phi) is 9.29. The second-order valence-electron chi connectivity index (χ2n) is 16.0. The fourth-order valence-electron chi connectivity index (χ4n) is 8.78. The van der Waals surface area contributed by atoms with Crippen LogP contribution in [-0.4, -0.2) is 113 Å². The molecule has 1 N–H and O–H groups in total. The van der Waals surface area contributed by atoms with Crippen LogP contribution in [0, 0.1) is 5.41 Å². The summed E-state index contributed by atoms with van der Waals surface area (Å²) in [5.41, 5.74) is 5.68. The number of likely N-dealkylation sites (tertiary alicyclic amines) is 2. The zero-order chi connectivity index (χ0) is 36.0. The number of piperidine rings is 1. The summed E-state index contributed by atoms with van der Waals surface area (Å²) >= 11 is 0. The maximum absolute atomic E-state index is 12.4. The summed E-state index contributed by atoms with van der Waals surface area (Å²) < 4.78 is 22.3. The van der Waals surface area contributed by atoms with E-state index in [0.717, 1.165) is 85.5 Å². The third-order valence-corrected chi connectivity index (χ3v) is 11.3. The lowest BCUT2D eigenvalue weighted by Gasteiger charge is -2.61. The van der Waals surface area contributed by atoms with E-state index in [1.807, 2.05) is 62.3 Å². The van der Waals surface area contributed by atoms with E-state index in [9.17, 15) is 4.79 Å². The van der Waals surface area contributed by atoms with Gasteiger partial charge in [0.1, 0.15) is 11.4 Å². The van der Waals surface area contributed by atoms with E-state index in [2.05, 4.69) is 31.0 Å². The summed E-state index contributed by atoms with van der Waals surface area (Å²) in [5.74, 6) is 1.86. The van der Waals surface area contributed by atoms with Crippen molar-refractivity contribution in [2.45, 2.75) is 76.5 Å². The number of nitrogens with one attached hydrogen (secondary N) is 1. The fraction of sp³-hybridized carbons (Fsp3) is 0.564. The van der Waals surface area contributed by atoms with Crippen LogP contribution in [0.15, 0.2) is 42.7 Å². The van der Waals surface area contributed by atoms with Gasteiger partial charge in [0.25, 0.3) is 0 Å². The summed E-state index contributed by atoms with van der Waals surface area (Å²) in [6.45, 7) is 11.0. The third kappa shape index (κ3) is 6.69. The number of methoxy groups -OCH3 is 2. The number of anilines is 1. The molecule has 1 saturated carbocycles. The molecule has 13 heteroatoms. The predicted molar refractivity (Wildman–Crippen MR) is 196 cm³/mol. The van der Waals surface area contributed by atoms with Crippen LogP contribution in [0.2, 0.25) is 0 Å². The summed E-state index contributed by atoms with van der Waals surface area (Å²) in [4.78, 5) is 32.6. The second kappa shape index (κ2) is 13.9. The maximum atomic E-state index is 12.4. The van der Waals surface area contributed by atoms with Gasteiger partial charge in [-0.3, -0.25) is 0 Å². The summed E-state index contributed by atoms with van der Waals surface area (Å²) in [7, 11) is 3.34. The molecule has 8 rings (SSSR count). The molecule has 1 spiro atoms. The minimum Gasteiger partial charge on any atom is -0.467 e. The van der Waals surface area contributed by atoms with Crippen LogP contribution in [0.3, 0.4) is 0 Å². The van der Waals surface area contributed by atoms with Crippen LogP contribution in [0.25, 0.3) is 22.3 Å². The van der Waals surface area contributed by atoms with Crippen molar-refractivity contribution in [1.82, 2.24) is 34.9 Å². The Balaban J connectivity index is 0.914. The molecule has 4 aromatic rings. The molecular formula is C39H50N8O5. The molecule has 0 bridgehead atoms.